The fraction of sp³-hybridized carbons (Fsp3) is 0.263. The zero-order valence-electron chi connectivity index (χ0n) is 15.9. The van der Waals surface area contributed by atoms with Gasteiger partial charge in [-0.15, -0.1) is 0 Å². The molecule has 9 heteroatoms. The van der Waals surface area contributed by atoms with Crippen molar-refractivity contribution in [2.75, 3.05) is 12.4 Å². The number of esters is 1. The number of nitrogens with one attached hydrogen (secondary N) is 2. The van der Waals surface area contributed by atoms with Crippen LogP contribution in [0.2, 0.25) is 5.02 Å². The van der Waals surface area contributed by atoms with Crippen LogP contribution in [0.25, 0.3) is 0 Å². The van der Waals surface area contributed by atoms with Gasteiger partial charge in [0.05, 0.1) is 15.5 Å². The van der Waals surface area contributed by atoms with Crippen LogP contribution < -0.4 is 10.0 Å². The fourth-order valence-corrected chi connectivity index (χ4v) is 3.36. The monoisotopic (exact) mass is 424 g/mol. The highest BCUT2D eigenvalue weighted by molar-refractivity contribution is 7.89. The highest BCUT2D eigenvalue weighted by atomic mass is 35.5. The summed E-state index contributed by atoms with van der Waals surface area (Å²) in [4.78, 5) is 24.6. The quantitative estimate of drug-likeness (QED) is 0.694. The van der Waals surface area contributed by atoms with Gasteiger partial charge in [-0.2, -0.15) is 0 Å². The van der Waals surface area contributed by atoms with Gasteiger partial charge in [0.1, 0.15) is 0 Å². The lowest BCUT2D eigenvalue weighted by Gasteiger charge is -2.16. The maximum atomic E-state index is 12.4. The molecule has 28 heavy (non-hydrogen) atoms. The van der Waals surface area contributed by atoms with Crippen molar-refractivity contribution in [3.63, 3.8) is 0 Å². The normalized spacial score (nSPS) is 12.3. The van der Waals surface area contributed by atoms with Crippen molar-refractivity contribution in [1.29, 1.82) is 0 Å². The highest BCUT2D eigenvalue weighted by Gasteiger charge is 2.23. The Balaban J connectivity index is 2.15. The fourth-order valence-electron chi connectivity index (χ4n) is 2.41. The second-order valence-electron chi connectivity index (χ2n) is 6.20. The third kappa shape index (κ3) is 5.09. The summed E-state index contributed by atoms with van der Waals surface area (Å²) < 4.78 is 31.1. The topological polar surface area (TPSA) is 102 Å². The Morgan fingerprint density at radius 2 is 1.79 bits per heavy atom. The molecule has 7 nitrogen and oxygen atoms in total. The molecule has 1 atom stereocenters. The number of aryl methyl sites for hydroxylation is 2. The molecule has 0 aliphatic carbocycles. The largest absolute Gasteiger partial charge is 0.449 e. The average molecular weight is 425 g/mol. The highest BCUT2D eigenvalue weighted by Crippen LogP contribution is 2.22. The molecule has 0 spiro atoms. The van der Waals surface area contributed by atoms with E-state index in [1.165, 1.54) is 26.1 Å². The van der Waals surface area contributed by atoms with Gasteiger partial charge in [-0.25, -0.2) is 17.9 Å². The van der Waals surface area contributed by atoms with Gasteiger partial charge in [-0.1, -0.05) is 29.3 Å². The summed E-state index contributed by atoms with van der Waals surface area (Å²) in [5.74, 6) is -1.42. The number of benzene rings is 2. The first-order valence-electron chi connectivity index (χ1n) is 8.37. The van der Waals surface area contributed by atoms with Crippen LogP contribution in [0.3, 0.4) is 0 Å². The predicted molar refractivity (Wildman–Crippen MR) is 107 cm³/mol. The standard InChI is InChI=1S/C19H21ClN2O5S/c1-11-5-8-17(12(2)9-11)22-18(23)13(3)27-19(24)15-10-14(6-7-16(15)20)28(25,26)21-4/h5-10,13,21H,1-4H3,(H,22,23). The molecule has 0 bridgehead atoms. The molecule has 0 saturated carbocycles. The van der Waals surface area contributed by atoms with Crippen molar-refractivity contribution in [2.45, 2.75) is 31.8 Å². The first kappa shape index (κ1) is 21.9. The lowest BCUT2D eigenvalue weighted by atomic mass is 10.1. The molecule has 0 fully saturated rings. The Hall–Kier alpha value is -2.42. The molecule has 0 aliphatic heterocycles. The number of ether oxygens (including phenoxy) is 1. The number of anilines is 1. The minimum atomic E-state index is -3.76. The van der Waals surface area contributed by atoms with Gasteiger partial charge >= 0.3 is 5.97 Å². The summed E-state index contributed by atoms with van der Waals surface area (Å²) in [6.07, 6.45) is -1.12. The SMILES string of the molecule is CNS(=O)(=O)c1ccc(Cl)c(C(=O)OC(C)C(=O)Nc2ccc(C)cc2C)c1. The van der Waals surface area contributed by atoms with Crippen molar-refractivity contribution < 1.29 is 22.7 Å². The molecule has 0 heterocycles. The number of carbonyl (C=O) groups is 2. The van der Waals surface area contributed by atoms with E-state index in [1.54, 1.807) is 6.07 Å². The Kier molecular flexibility index (Phi) is 6.82. The van der Waals surface area contributed by atoms with Gasteiger partial charge in [0.2, 0.25) is 10.0 Å². The van der Waals surface area contributed by atoms with Gasteiger partial charge in [0, 0.05) is 5.69 Å². The summed E-state index contributed by atoms with van der Waals surface area (Å²) in [5, 5.41) is 2.71. The number of halogens is 1. The second kappa shape index (κ2) is 8.72. The van der Waals surface area contributed by atoms with E-state index in [-0.39, 0.29) is 15.5 Å². The van der Waals surface area contributed by atoms with E-state index < -0.39 is 28.0 Å². The van der Waals surface area contributed by atoms with E-state index in [2.05, 4.69) is 10.0 Å². The second-order valence-corrected chi connectivity index (χ2v) is 8.50. The first-order valence-corrected chi connectivity index (χ1v) is 10.2. The van der Waals surface area contributed by atoms with Gasteiger partial charge in [-0.05, 0) is 57.6 Å². The van der Waals surface area contributed by atoms with Gasteiger partial charge in [-0.3, -0.25) is 4.79 Å². The Morgan fingerprint density at radius 1 is 1.11 bits per heavy atom. The van der Waals surface area contributed by atoms with Gasteiger partial charge in [0.15, 0.2) is 6.10 Å². The molecule has 2 N–H and O–H groups in total. The molecule has 2 aromatic rings. The van der Waals surface area contributed by atoms with Crippen molar-refractivity contribution in [3.8, 4) is 0 Å². The maximum Gasteiger partial charge on any atom is 0.340 e. The Morgan fingerprint density at radius 3 is 2.39 bits per heavy atom. The molecule has 2 aromatic carbocycles. The number of carbonyl (C=O) groups excluding carboxylic acids is 2. The van der Waals surface area contributed by atoms with Crippen molar-refractivity contribution in [3.05, 3.63) is 58.1 Å². The summed E-state index contributed by atoms with van der Waals surface area (Å²) in [6.45, 7) is 5.21. The van der Waals surface area contributed by atoms with Gasteiger partial charge in [0.25, 0.3) is 5.91 Å². The molecule has 1 unspecified atom stereocenters. The van der Waals surface area contributed by atoms with Gasteiger partial charge < -0.3 is 10.1 Å². The van der Waals surface area contributed by atoms with Crippen LogP contribution in [0.5, 0.6) is 0 Å². The molecule has 1 amide bonds. The summed E-state index contributed by atoms with van der Waals surface area (Å²) in [6, 6.07) is 9.18. The van der Waals surface area contributed by atoms with Crippen LogP contribution in [0.4, 0.5) is 5.69 Å². The molecule has 150 valence electrons. The van der Waals surface area contributed by atoms with E-state index in [0.29, 0.717) is 5.69 Å². The zero-order chi connectivity index (χ0) is 21.1. The molecule has 0 aromatic heterocycles. The number of sulfonamides is 1. The minimum absolute atomic E-state index is 0.0158. The molecule has 0 saturated heterocycles. The third-order valence-corrected chi connectivity index (χ3v) is 5.77. The van der Waals surface area contributed by atoms with Crippen LogP contribution in [0.15, 0.2) is 41.3 Å². The zero-order valence-corrected chi connectivity index (χ0v) is 17.4. The van der Waals surface area contributed by atoms with Crippen LogP contribution >= 0.6 is 11.6 Å². The lowest BCUT2D eigenvalue weighted by molar-refractivity contribution is -0.123. The maximum absolute atomic E-state index is 12.4. The molecule has 0 aliphatic rings. The van der Waals surface area contributed by atoms with Crippen LogP contribution in [-0.4, -0.2) is 33.4 Å². The van der Waals surface area contributed by atoms with Crippen LogP contribution in [0.1, 0.15) is 28.4 Å². The molecule has 2 rings (SSSR count). The van der Waals surface area contributed by atoms with Crippen molar-refractivity contribution in [1.82, 2.24) is 4.72 Å². The van der Waals surface area contributed by atoms with Crippen LogP contribution in [-0.2, 0) is 19.6 Å². The molecular weight excluding hydrogens is 404 g/mol. The number of hydrogen-bond acceptors (Lipinski definition) is 5. The van der Waals surface area contributed by atoms with E-state index >= 15 is 0 Å². The van der Waals surface area contributed by atoms with E-state index in [1.807, 2.05) is 26.0 Å². The average Bonchev–Trinajstić information content (AvgIpc) is 2.63. The number of rotatable bonds is 6. The summed E-state index contributed by atoms with van der Waals surface area (Å²) in [5.41, 5.74) is 2.39. The number of hydrogen-bond donors (Lipinski definition) is 2. The first-order chi connectivity index (χ1) is 13.0. The Labute approximate surface area is 169 Å². The lowest BCUT2D eigenvalue weighted by Crippen LogP contribution is -2.30. The number of amides is 1. The third-order valence-electron chi connectivity index (χ3n) is 4.03. The summed E-state index contributed by atoms with van der Waals surface area (Å²) in [7, 11) is -2.51. The predicted octanol–water partition coefficient (Wildman–Crippen LogP) is 3.05. The molecular formula is C19H21ClN2O5S. The summed E-state index contributed by atoms with van der Waals surface area (Å²) >= 11 is 6.00. The smallest absolute Gasteiger partial charge is 0.340 e. The molecule has 0 radical (unpaired) electrons. The van der Waals surface area contributed by atoms with Crippen molar-refractivity contribution in [2.24, 2.45) is 0 Å². The van der Waals surface area contributed by atoms with E-state index in [0.717, 1.165) is 17.2 Å². The van der Waals surface area contributed by atoms with Crippen molar-refractivity contribution >= 4 is 39.2 Å². The van der Waals surface area contributed by atoms with Crippen LogP contribution in [0, 0.1) is 13.8 Å². The minimum Gasteiger partial charge on any atom is -0.449 e. The van der Waals surface area contributed by atoms with E-state index in [4.69, 9.17) is 16.3 Å². The Bertz CT molecular complexity index is 1020. The van der Waals surface area contributed by atoms with E-state index in [9.17, 15) is 18.0 Å².